The summed E-state index contributed by atoms with van der Waals surface area (Å²) in [6.07, 6.45) is 5.08. The SMILES string of the molecule is CCOC(=O)C(C)(N)CCCCN(C)C(CC)CC. The van der Waals surface area contributed by atoms with Crippen molar-refractivity contribution >= 4 is 5.97 Å². The van der Waals surface area contributed by atoms with Gasteiger partial charge in [0.1, 0.15) is 5.54 Å². The Hall–Kier alpha value is -0.610. The fraction of sp³-hybridized carbons (Fsp3) is 0.933. The molecular weight excluding hydrogens is 240 g/mol. The highest BCUT2D eigenvalue weighted by Crippen LogP contribution is 2.14. The van der Waals surface area contributed by atoms with Gasteiger partial charge in [0.2, 0.25) is 0 Å². The molecule has 4 heteroatoms. The van der Waals surface area contributed by atoms with Crippen LogP contribution in [0.3, 0.4) is 0 Å². The Labute approximate surface area is 118 Å². The van der Waals surface area contributed by atoms with Gasteiger partial charge in [-0.05, 0) is 59.5 Å². The van der Waals surface area contributed by atoms with Gasteiger partial charge in [-0.3, -0.25) is 4.79 Å². The molecule has 0 aromatic rings. The number of carbonyl (C=O) groups excluding carboxylic acids is 1. The molecule has 0 spiro atoms. The zero-order chi connectivity index (χ0) is 14.9. The average Bonchev–Trinajstić information content (AvgIpc) is 2.36. The fourth-order valence-corrected chi connectivity index (χ4v) is 2.35. The van der Waals surface area contributed by atoms with Crippen molar-refractivity contribution in [2.45, 2.75) is 71.4 Å². The second-order valence-corrected chi connectivity index (χ2v) is 5.55. The molecule has 2 N–H and O–H groups in total. The first kappa shape index (κ1) is 18.4. The van der Waals surface area contributed by atoms with E-state index in [9.17, 15) is 4.79 Å². The number of nitrogens with zero attached hydrogens (tertiary/aromatic N) is 1. The molecular formula is C15H32N2O2. The van der Waals surface area contributed by atoms with Crippen molar-refractivity contribution in [2.24, 2.45) is 5.73 Å². The molecule has 4 nitrogen and oxygen atoms in total. The van der Waals surface area contributed by atoms with Crippen LogP contribution in [0.15, 0.2) is 0 Å². The van der Waals surface area contributed by atoms with Gasteiger partial charge < -0.3 is 15.4 Å². The van der Waals surface area contributed by atoms with Gasteiger partial charge in [-0.25, -0.2) is 0 Å². The quantitative estimate of drug-likeness (QED) is 0.490. The van der Waals surface area contributed by atoms with E-state index >= 15 is 0 Å². The van der Waals surface area contributed by atoms with Gasteiger partial charge in [-0.15, -0.1) is 0 Å². The molecule has 0 aliphatic rings. The van der Waals surface area contributed by atoms with Gasteiger partial charge in [0, 0.05) is 6.04 Å². The molecule has 0 amide bonds. The third-order valence-corrected chi connectivity index (χ3v) is 3.76. The molecule has 0 saturated carbocycles. The molecule has 0 aliphatic carbocycles. The van der Waals surface area contributed by atoms with Crippen LogP contribution in [0.4, 0.5) is 0 Å². The largest absolute Gasteiger partial charge is 0.465 e. The highest BCUT2D eigenvalue weighted by molar-refractivity contribution is 5.79. The van der Waals surface area contributed by atoms with Crippen molar-refractivity contribution < 1.29 is 9.53 Å². The van der Waals surface area contributed by atoms with Crippen molar-refractivity contribution in [1.29, 1.82) is 0 Å². The number of hydrogen-bond donors (Lipinski definition) is 1. The monoisotopic (exact) mass is 272 g/mol. The Morgan fingerprint density at radius 3 is 2.32 bits per heavy atom. The second kappa shape index (κ2) is 9.32. The van der Waals surface area contributed by atoms with E-state index in [1.54, 1.807) is 13.8 Å². The van der Waals surface area contributed by atoms with Crippen LogP contribution in [0.5, 0.6) is 0 Å². The van der Waals surface area contributed by atoms with Crippen molar-refractivity contribution in [2.75, 3.05) is 20.2 Å². The van der Waals surface area contributed by atoms with E-state index in [0.29, 0.717) is 19.1 Å². The molecule has 0 radical (unpaired) electrons. The molecule has 0 heterocycles. The molecule has 1 unspecified atom stereocenters. The Morgan fingerprint density at radius 2 is 1.84 bits per heavy atom. The minimum absolute atomic E-state index is 0.289. The summed E-state index contributed by atoms with van der Waals surface area (Å²) in [5.41, 5.74) is 5.14. The predicted molar refractivity (Wildman–Crippen MR) is 80.1 cm³/mol. The maximum absolute atomic E-state index is 11.6. The van der Waals surface area contributed by atoms with Crippen LogP contribution in [0.25, 0.3) is 0 Å². The van der Waals surface area contributed by atoms with Crippen LogP contribution >= 0.6 is 0 Å². The lowest BCUT2D eigenvalue weighted by molar-refractivity contribution is -0.149. The van der Waals surface area contributed by atoms with Crippen LogP contribution in [0, 0.1) is 0 Å². The summed E-state index contributed by atoms with van der Waals surface area (Å²) < 4.78 is 4.98. The number of carbonyl (C=O) groups is 1. The lowest BCUT2D eigenvalue weighted by atomic mass is 9.96. The van der Waals surface area contributed by atoms with Gasteiger partial charge in [0.15, 0.2) is 0 Å². The van der Waals surface area contributed by atoms with Crippen LogP contribution in [-0.4, -0.2) is 42.6 Å². The number of rotatable bonds is 10. The zero-order valence-electron chi connectivity index (χ0n) is 13.4. The summed E-state index contributed by atoms with van der Waals surface area (Å²) >= 11 is 0. The summed E-state index contributed by atoms with van der Waals surface area (Å²) in [5.74, 6) is -0.289. The predicted octanol–water partition coefficient (Wildman–Crippen LogP) is 2.56. The highest BCUT2D eigenvalue weighted by Gasteiger charge is 2.29. The molecule has 0 rings (SSSR count). The van der Waals surface area contributed by atoms with Gasteiger partial charge in [-0.1, -0.05) is 13.8 Å². The maximum Gasteiger partial charge on any atom is 0.325 e. The Bertz CT molecular complexity index is 251. The highest BCUT2D eigenvalue weighted by atomic mass is 16.5. The van der Waals surface area contributed by atoms with E-state index in [4.69, 9.17) is 10.5 Å². The van der Waals surface area contributed by atoms with Gasteiger partial charge in [0.25, 0.3) is 0 Å². The summed E-state index contributed by atoms with van der Waals surface area (Å²) in [6.45, 7) is 9.47. The molecule has 114 valence electrons. The van der Waals surface area contributed by atoms with E-state index < -0.39 is 5.54 Å². The second-order valence-electron chi connectivity index (χ2n) is 5.55. The molecule has 0 fully saturated rings. The topological polar surface area (TPSA) is 55.6 Å². The van der Waals surface area contributed by atoms with E-state index in [1.165, 1.54) is 12.8 Å². The number of nitrogens with two attached hydrogens (primary N) is 1. The summed E-state index contributed by atoms with van der Waals surface area (Å²) in [4.78, 5) is 14.0. The molecule has 0 aromatic carbocycles. The van der Waals surface area contributed by atoms with Crippen molar-refractivity contribution in [3.63, 3.8) is 0 Å². The lowest BCUT2D eigenvalue weighted by Gasteiger charge is -2.27. The van der Waals surface area contributed by atoms with Crippen LogP contribution in [0.1, 0.15) is 59.8 Å². The minimum Gasteiger partial charge on any atom is -0.465 e. The Morgan fingerprint density at radius 1 is 1.26 bits per heavy atom. The van der Waals surface area contributed by atoms with Gasteiger partial charge in [0.05, 0.1) is 6.61 Å². The van der Waals surface area contributed by atoms with Gasteiger partial charge in [-0.2, -0.15) is 0 Å². The molecule has 19 heavy (non-hydrogen) atoms. The summed E-state index contributed by atoms with van der Waals surface area (Å²) in [5, 5.41) is 0. The first-order valence-electron chi connectivity index (χ1n) is 7.55. The van der Waals surface area contributed by atoms with E-state index in [1.807, 2.05) is 0 Å². The molecule has 0 saturated heterocycles. The van der Waals surface area contributed by atoms with Crippen LogP contribution < -0.4 is 5.73 Å². The first-order valence-corrected chi connectivity index (χ1v) is 7.55. The maximum atomic E-state index is 11.6. The lowest BCUT2D eigenvalue weighted by Crippen LogP contribution is -2.46. The average molecular weight is 272 g/mol. The minimum atomic E-state index is -0.844. The third-order valence-electron chi connectivity index (χ3n) is 3.76. The van der Waals surface area contributed by atoms with Gasteiger partial charge >= 0.3 is 5.97 Å². The smallest absolute Gasteiger partial charge is 0.325 e. The normalized spacial score (nSPS) is 14.7. The molecule has 1 atom stereocenters. The van der Waals surface area contributed by atoms with E-state index in [2.05, 4.69) is 25.8 Å². The zero-order valence-corrected chi connectivity index (χ0v) is 13.4. The van der Waals surface area contributed by atoms with E-state index in [-0.39, 0.29) is 5.97 Å². The van der Waals surface area contributed by atoms with Crippen LogP contribution in [-0.2, 0) is 9.53 Å². The first-order chi connectivity index (χ1) is 8.88. The third kappa shape index (κ3) is 6.92. The summed E-state index contributed by atoms with van der Waals surface area (Å²) in [7, 11) is 2.17. The van der Waals surface area contributed by atoms with E-state index in [0.717, 1.165) is 19.4 Å². The number of esters is 1. The molecule has 0 aliphatic heterocycles. The molecule has 0 aromatic heterocycles. The number of hydrogen-bond acceptors (Lipinski definition) is 4. The number of ether oxygens (including phenoxy) is 1. The fourth-order valence-electron chi connectivity index (χ4n) is 2.35. The van der Waals surface area contributed by atoms with Crippen molar-refractivity contribution in [3.8, 4) is 0 Å². The van der Waals surface area contributed by atoms with Crippen molar-refractivity contribution in [1.82, 2.24) is 4.90 Å². The number of unbranched alkanes of at least 4 members (excludes halogenated alkanes) is 1. The Kier molecular flexibility index (Phi) is 9.02. The van der Waals surface area contributed by atoms with Crippen molar-refractivity contribution in [3.05, 3.63) is 0 Å². The molecule has 0 bridgehead atoms. The Balaban J connectivity index is 3.93. The summed E-state index contributed by atoms with van der Waals surface area (Å²) in [6, 6.07) is 0.661. The van der Waals surface area contributed by atoms with Crippen LogP contribution in [0.2, 0.25) is 0 Å². The standard InChI is InChI=1S/C15H32N2O2/c1-6-13(7-2)17(5)12-10-9-11-15(4,16)14(18)19-8-3/h13H,6-12,16H2,1-5H3.